The van der Waals surface area contributed by atoms with Gasteiger partial charge in [-0.15, -0.1) is 0 Å². The molecule has 0 spiro atoms. The monoisotopic (exact) mass is 362 g/mol. The normalized spacial score (nSPS) is 23.7. The summed E-state index contributed by atoms with van der Waals surface area (Å²) in [5.41, 5.74) is 2.26. The topological polar surface area (TPSA) is 32.3 Å². The van der Waals surface area contributed by atoms with Gasteiger partial charge >= 0.3 is 0 Å². The van der Waals surface area contributed by atoms with Crippen LogP contribution in [0.5, 0.6) is 0 Å². The summed E-state index contributed by atoms with van der Waals surface area (Å²) in [5.74, 6) is 2.49. The van der Waals surface area contributed by atoms with E-state index in [4.69, 9.17) is 23.2 Å². The molecule has 2 saturated heterocycles. The number of benzene rings is 1. The van der Waals surface area contributed by atoms with Gasteiger partial charge in [0.05, 0.1) is 10.0 Å². The molecule has 0 radical (unpaired) electrons. The number of hydrogen-bond acceptors (Lipinski definition) is 4. The minimum atomic E-state index is 0.620. The molecule has 0 bridgehead atoms. The van der Waals surface area contributed by atoms with Gasteiger partial charge in [-0.3, -0.25) is 4.90 Å². The molecule has 24 heavy (non-hydrogen) atoms. The lowest BCUT2D eigenvalue weighted by Crippen LogP contribution is -2.29. The Balaban J connectivity index is 1.38. The van der Waals surface area contributed by atoms with Crippen molar-refractivity contribution in [1.29, 1.82) is 0 Å². The average molecular weight is 363 g/mol. The molecule has 0 aliphatic carbocycles. The summed E-state index contributed by atoms with van der Waals surface area (Å²) < 4.78 is 0. The predicted molar refractivity (Wildman–Crippen MR) is 97.7 cm³/mol. The van der Waals surface area contributed by atoms with E-state index in [0.29, 0.717) is 21.9 Å². The Morgan fingerprint density at radius 2 is 1.75 bits per heavy atom. The minimum absolute atomic E-state index is 0.620. The Kier molecular flexibility index (Phi) is 4.37. The van der Waals surface area contributed by atoms with Crippen molar-refractivity contribution in [2.24, 2.45) is 11.8 Å². The van der Waals surface area contributed by atoms with Gasteiger partial charge in [-0.25, -0.2) is 9.97 Å². The Hall–Kier alpha value is -1.36. The number of aryl methyl sites for hydroxylation is 1. The number of fused-ring (bicyclic) bond motifs is 1. The van der Waals surface area contributed by atoms with E-state index in [1.165, 1.54) is 5.56 Å². The summed E-state index contributed by atoms with van der Waals surface area (Å²) in [4.78, 5) is 13.5. The molecular weight excluding hydrogens is 343 g/mol. The summed E-state index contributed by atoms with van der Waals surface area (Å²) in [6, 6.07) is 8.01. The second-order valence-corrected chi connectivity index (χ2v) is 7.70. The number of aromatic nitrogens is 2. The van der Waals surface area contributed by atoms with Crippen molar-refractivity contribution in [2.45, 2.75) is 13.5 Å². The molecule has 2 fully saturated rings. The van der Waals surface area contributed by atoms with Gasteiger partial charge in [0.15, 0.2) is 0 Å². The highest BCUT2D eigenvalue weighted by atomic mass is 35.5. The van der Waals surface area contributed by atoms with Gasteiger partial charge in [0, 0.05) is 44.5 Å². The smallest absolute Gasteiger partial charge is 0.132 e. The van der Waals surface area contributed by atoms with Crippen LogP contribution in [0.25, 0.3) is 0 Å². The molecule has 0 amide bonds. The van der Waals surface area contributed by atoms with Crippen LogP contribution in [0.15, 0.2) is 30.6 Å². The summed E-state index contributed by atoms with van der Waals surface area (Å²) in [7, 11) is 0. The van der Waals surface area contributed by atoms with Crippen molar-refractivity contribution in [1.82, 2.24) is 14.9 Å². The zero-order valence-electron chi connectivity index (χ0n) is 13.6. The van der Waals surface area contributed by atoms with Crippen LogP contribution in [0, 0.1) is 18.8 Å². The maximum Gasteiger partial charge on any atom is 0.132 e. The number of likely N-dealkylation sites (tertiary alicyclic amines) is 1. The largest absolute Gasteiger partial charge is 0.356 e. The minimum Gasteiger partial charge on any atom is -0.356 e. The van der Waals surface area contributed by atoms with Gasteiger partial charge < -0.3 is 4.90 Å². The zero-order valence-corrected chi connectivity index (χ0v) is 15.1. The van der Waals surface area contributed by atoms with Crippen molar-refractivity contribution in [2.75, 3.05) is 31.1 Å². The van der Waals surface area contributed by atoms with Crippen molar-refractivity contribution in [3.63, 3.8) is 0 Å². The van der Waals surface area contributed by atoms with Gasteiger partial charge in [-0.05, 0) is 36.5 Å². The van der Waals surface area contributed by atoms with E-state index in [1.54, 1.807) is 6.33 Å². The molecule has 2 aromatic rings. The highest BCUT2D eigenvalue weighted by Crippen LogP contribution is 2.34. The van der Waals surface area contributed by atoms with E-state index in [-0.39, 0.29) is 0 Å². The third kappa shape index (κ3) is 3.23. The second kappa shape index (κ2) is 6.51. The average Bonchev–Trinajstić information content (AvgIpc) is 3.09. The van der Waals surface area contributed by atoms with E-state index in [9.17, 15) is 0 Å². The molecule has 0 saturated carbocycles. The molecule has 4 rings (SSSR count). The fourth-order valence-corrected chi connectivity index (χ4v) is 4.24. The number of nitrogens with zero attached hydrogens (tertiary/aromatic N) is 4. The van der Waals surface area contributed by atoms with Gasteiger partial charge in [-0.1, -0.05) is 29.3 Å². The van der Waals surface area contributed by atoms with E-state index in [2.05, 4.69) is 31.9 Å². The van der Waals surface area contributed by atoms with Crippen LogP contribution < -0.4 is 4.90 Å². The van der Waals surface area contributed by atoms with E-state index < -0.39 is 0 Å². The van der Waals surface area contributed by atoms with Crippen LogP contribution >= 0.6 is 23.2 Å². The molecule has 1 aromatic heterocycles. The van der Waals surface area contributed by atoms with E-state index >= 15 is 0 Å². The Morgan fingerprint density at radius 3 is 2.42 bits per heavy atom. The summed E-state index contributed by atoms with van der Waals surface area (Å²) in [6.07, 6.45) is 1.66. The molecular formula is C18H20Cl2N4. The Labute approximate surface area is 152 Å². The van der Waals surface area contributed by atoms with Gasteiger partial charge in [0.25, 0.3) is 0 Å². The van der Waals surface area contributed by atoms with E-state index in [0.717, 1.165) is 44.2 Å². The SMILES string of the molecule is Cc1cc(N2CC3CN(Cc4ccc(Cl)c(Cl)c4)CC3C2)ncn1. The molecule has 1 aromatic carbocycles. The van der Waals surface area contributed by atoms with Crippen LogP contribution in [0.2, 0.25) is 10.0 Å². The van der Waals surface area contributed by atoms with Crippen LogP contribution in [0.4, 0.5) is 5.82 Å². The van der Waals surface area contributed by atoms with Crippen LogP contribution in [0.3, 0.4) is 0 Å². The molecule has 2 aliphatic heterocycles. The molecule has 6 heteroatoms. The first-order valence-electron chi connectivity index (χ1n) is 8.28. The number of rotatable bonds is 3. The van der Waals surface area contributed by atoms with Crippen molar-refractivity contribution in [3.8, 4) is 0 Å². The van der Waals surface area contributed by atoms with Crippen LogP contribution in [-0.2, 0) is 6.54 Å². The maximum absolute atomic E-state index is 6.13. The first-order valence-corrected chi connectivity index (χ1v) is 9.04. The van der Waals surface area contributed by atoms with E-state index in [1.807, 2.05) is 19.1 Å². The molecule has 2 aliphatic rings. The number of hydrogen-bond donors (Lipinski definition) is 0. The van der Waals surface area contributed by atoms with Gasteiger partial charge in [-0.2, -0.15) is 0 Å². The Bertz CT molecular complexity index is 738. The molecule has 2 atom stereocenters. The highest BCUT2D eigenvalue weighted by molar-refractivity contribution is 6.42. The first-order chi connectivity index (χ1) is 11.6. The summed E-state index contributed by atoms with van der Waals surface area (Å²) in [5, 5.41) is 1.26. The molecule has 126 valence electrons. The lowest BCUT2D eigenvalue weighted by molar-refractivity contribution is 0.309. The van der Waals surface area contributed by atoms with Crippen LogP contribution in [-0.4, -0.2) is 41.0 Å². The van der Waals surface area contributed by atoms with Crippen molar-refractivity contribution in [3.05, 3.63) is 51.9 Å². The number of anilines is 1. The number of halogens is 2. The lowest BCUT2D eigenvalue weighted by Gasteiger charge is -2.22. The third-order valence-electron chi connectivity index (χ3n) is 5.07. The third-order valence-corrected chi connectivity index (χ3v) is 5.80. The molecule has 3 heterocycles. The lowest BCUT2D eigenvalue weighted by atomic mass is 10.0. The highest BCUT2D eigenvalue weighted by Gasteiger charge is 2.40. The van der Waals surface area contributed by atoms with Gasteiger partial charge in [0.1, 0.15) is 12.1 Å². The summed E-state index contributed by atoms with van der Waals surface area (Å²) >= 11 is 12.1. The Morgan fingerprint density at radius 1 is 1.00 bits per heavy atom. The predicted octanol–water partition coefficient (Wildman–Crippen LogP) is 3.66. The second-order valence-electron chi connectivity index (χ2n) is 6.89. The van der Waals surface area contributed by atoms with Gasteiger partial charge in [0.2, 0.25) is 0 Å². The zero-order chi connectivity index (χ0) is 16.7. The van der Waals surface area contributed by atoms with Crippen molar-refractivity contribution < 1.29 is 0 Å². The quantitative estimate of drug-likeness (QED) is 0.833. The molecule has 0 N–H and O–H groups in total. The standard InChI is InChI=1S/C18H20Cl2N4/c1-12-4-18(22-11-21-12)24-9-14-7-23(8-15(14)10-24)6-13-2-3-16(19)17(20)5-13/h2-5,11,14-15H,6-10H2,1H3. The first kappa shape index (κ1) is 16.1. The fraction of sp³-hybridized carbons (Fsp3) is 0.444. The molecule has 4 nitrogen and oxygen atoms in total. The van der Waals surface area contributed by atoms with Crippen molar-refractivity contribution >= 4 is 29.0 Å². The molecule has 2 unspecified atom stereocenters. The maximum atomic E-state index is 6.13. The van der Waals surface area contributed by atoms with Crippen LogP contribution in [0.1, 0.15) is 11.3 Å². The fourth-order valence-electron chi connectivity index (χ4n) is 3.92. The summed E-state index contributed by atoms with van der Waals surface area (Å²) in [6.45, 7) is 7.38.